The zero-order valence-corrected chi connectivity index (χ0v) is 11.8. The number of rotatable bonds is 3. The van der Waals surface area contributed by atoms with Gasteiger partial charge in [0.1, 0.15) is 0 Å². The number of nitrogens with zero attached hydrogens (tertiary/aromatic N) is 1. The number of hydrogen-bond acceptors (Lipinski definition) is 2. The second kappa shape index (κ2) is 5.91. The van der Waals surface area contributed by atoms with Crippen molar-refractivity contribution in [3.05, 3.63) is 47.0 Å². The van der Waals surface area contributed by atoms with Crippen molar-refractivity contribution in [2.24, 2.45) is 0 Å². The van der Waals surface area contributed by atoms with Crippen LogP contribution in [0.4, 0.5) is 0 Å². The van der Waals surface area contributed by atoms with Crippen LogP contribution in [-0.4, -0.2) is 37.6 Å². The van der Waals surface area contributed by atoms with Crippen molar-refractivity contribution in [3.8, 4) is 0 Å². The summed E-state index contributed by atoms with van der Waals surface area (Å²) in [6.45, 7) is 5.67. The molecule has 100 valence electrons. The normalized spacial score (nSPS) is 16.9. The Balaban J connectivity index is 1.79. The molecule has 0 amide bonds. The van der Waals surface area contributed by atoms with Crippen molar-refractivity contribution in [2.45, 2.75) is 6.42 Å². The molecule has 0 aliphatic carbocycles. The lowest BCUT2D eigenvalue weighted by Crippen LogP contribution is -2.44. The maximum Gasteiger partial charge on any atom is 0.0484 e. The van der Waals surface area contributed by atoms with Gasteiger partial charge in [0, 0.05) is 43.1 Å². The molecule has 2 aromatic rings. The molecular weight excluding hydrogens is 256 g/mol. The molecule has 0 atom stereocenters. The summed E-state index contributed by atoms with van der Waals surface area (Å²) in [6, 6.07) is 12.6. The fourth-order valence-corrected chi connectivity index (χ4v) is 2.98. The van der Waals surface area contributed by atoms with Gasteiger partial charge in [-0.25, -0.2) is 0 Å². The minimum atomic E-state index is 0.849. The average molecular weight is 275 g/mol. The van der Waals surface area contributed by atoms with Crippen LogP contribution in [0.1, 0.15) is 5.56 Å². The fourth-order valence-electron chi connectivity index (χ4n) is 2.76. The molecule has 0 unspecified atom stereocenters. The highest BCUT2D eigenvalue weighted by atomic mass is 35.5. The van der Waals surface area contributed by atoms with Gasteiger partial charge in [-0.05, 0) is 23.4 Å². The van der Waals surface area contributed by atoms with E-state index in [-0.39, 0.29) is 0 Å². The van der Waals surface area contributed by atoms with Crippen molar-refractivity contribution in [2.75, 3.05) is 32.7 Å². The Labute approximate surface area is 119 Å². The van der Waals surface area contributed by atoms with Gasteiger partial charge in [0.05, 0.1) is 0 Å². The number of halogens is 1. The van der Waals surface area contributed by atoms with Crippen LogP contribution < -0.4 is 5.32 Å². The van der Waals surface area contributed by atoms with Gasteiger partial charge in [0.25, 0.3) is 0 Å². The molecule has 2 nitrogen and oxygen atoms in total. The largest absolute Gasteiger partial charge is 0.314 e. The van der Waals surface area contributed by atoms with E-state index < -0.39 is 0 Å². The quantitative estimate of drug-likeness (QED) is 0.926. The lowest BCUT2D eigenvalue weighted by atomic mass is 10.0. The maximum atomic E-state index is 6.26. The molecule has 1 heterocycles. The summed E-state index contributed by atoms with van der Waals surface area (Å²) in [5.74, 6) is 0. The van der Waals surface area contributed by atoms with E-state index in [2.05, 4.69) is 34.5 Å². The smallest absolute Gasteiger partial charge is 0.0484 e. The zero-order valence-electron chi connectivity index (χ0n) is 11.0. The number of benzene rings is 2. The van der Waals surface area contributed by atoms with Crippen LogP contribution in [0.15, 0.2) is 36.4 Å². The third-order valence-electron chi connectivity index (χ3n) is 3.87. The van der Waals surface area contributed by atoms with Gasteiger partial charge in [0.2, 0.25) is 0 Å². The summed E-state index contributed by atoms with van der Waals surface area (Å²) in [7, 11) is 0. The van der Waals surface area contributed by atoms with E-state index in [1.165, 1.54) is 16.3 Å². The zero-order chi connectivity index (χ0) is 13.1. The van der Waals surface area contributed by atoms with Gasteiger partial charge < -0.3 is 10.2 Å². The molecule has 1 aliphatic heterocycles. The molecule has 1 aliphatic rings. The van der Waals surface area contributed by atoms with Gasteiger partial charge in [-0.1, -0.05) is 41.9 Å². The Morgan fingerprint density at radius 2 is 1.74 bits per heavy atom. The molecule has 3 heteroatoms. The number of piperazine rings is 1. The highest BCUT2D eigenvalue weighted by molar-refractivity contribution is 6.35. The molecule has 1 fully saturated rings. The van der Waals surface area contributed by atoms with E-state index in [0.717, 1.165) is 44.2 Å². The van der Waals surface area contributed by atoms with Crippen LogP contribution in [0.5, 0.6) is 0 Å². The van der Waals surface area contributed by atoms with E-state index in [4.69, 9.17) is 11.6 Å². The summed E-state index contributed by atoms with van der Waals surface area (Å²) in [5, 5.41) is 6.70. The minimum absolute atomic E-state index is 0.849. The van der Waals surface area contributed by atoms with Crippen LogP contribution in [-0.2, 0) is 6.42 Å². The highest BCUT2D eigenvalue weighted by Gasteiger charge is 2.10. The molecule has 19 heavy (non-hydrogen) atoms. The van der Waals surface area contributed by atoms with Crippen molar-refractivity contribution < 1.29 is 0 Å². The highest BCUT2D eigenvalue weighted by Crippen LogP contribution is 2.26. The molecule has 0 spiro atoms. The number of nitrogens with one attached hydrogen (secondary N) is 1. The SMILES string of the molecule is Clc1ccc(CCN2CCNCC2)c2ccccc12. The monoisotopic (exact) mass is 274 g/mol. The Hall–Kier alpha value is -1.09. The van der Waals surface area contributed by atoms with Gasteiger partial charge in [-0.15, -0.1) is 0 Å². The molecule has 0 bridgehead atoms. The molecule has 1 N–H and O–H groups in total. The van der Waals surface area contributed by atoms with Gasteiger partial charge in [-0.2, -0.15) is 0 Å². The first-order valence-corrected chi connectivity index (χ1v) is 7.31. The van der Waals surface area contributed by atoms with Crippen LogP contribution in [0.25, 0.3) is 10.8 Å². The minimum Gasteiger partial charge on any atom is -0.314 e. The number of fused-ring (bicyclic) bond motifs is 1. The molecular formula is C16H19ClN2. The van der Waals surface area contributed by atoms with Crippen LogP contribution in [0, 0.1) is 0 Å². The summed E-state index contributed by atoms with van der Waals surface area (Å²) in [5.41, 5.74) is 1.40. The average Bonchev–Trinajstić information content (AvgIpc) is 2.48. The van der Waals surface area contributed by atoms with Crippen molar-refractivity contribution in [1.29, 1.82) is 0 Å². The van der Waals surface area contributed by atoms with E-state index in [1.807, 2.05) is 12.1 Å². The summed E-state index contributed by atoms with van der Waals surface area (Å²) >= 11 is 6.26. The molecule has 0 saturated carbocycles. The Kier molecular flexibility index (Phi) is 4.02. The van der Waals surface area contributed by atoms with Crippen LogP contribution >= 0.6 is 11.6 Å². The number of hydrogen-bond donors (Lipinski definition) is 1. The Bertz CT molecular complexity index is 562. The van der Waals surface area contributed by atoms with E-state index in [1.54, 1.807) is 0 Å². The van der Waals surface area contributed by atoms with Crippen molar-refractivity contribution in [1.82, 2.24) is 10.2 Å². The molecule has 0 aromatic heterocycles. The van der Waals surface area contributed by atoms with Crippen molar-refractivity contribution in [3.63, 3.8) is 0 Å². The van der Waals surface area contributed by atoms with Crippen LogP contribution in [0.2, 0.25) is 5.02 Å². The Morgan fingerprint density at radius 1 is 1.00 bits per heavy atom. The van der Waals surface area contributed by atoms with Crippen molar-refractivity contribution >= 4 is 22.4 Å². The Morgan fingerprint density at radius 3 is 2.53 bits per heavy atom. The van der Waals surface area contributed by atoms with E-state index >= 15 is 0 Å². The maximum absolute atomic E-state index is 6.26. The second-order valence-electron chi connectivity index (χ2n) is 5.09. The first-order valence-electron chi connectivity index (χ1n) is 6.94. The third-order valence-corrected chi connectivity index (χ3v) is 4.20. The lowest BCUT2D eigenvalue weighted by molar-refractivity contribution is 0.244. The predicted octanol–water partition coefficient (Wildman–Crippen LogP) is 2.94. The van der Waals surface area contributed by atoms with Crippen LogP contribution in [0.3, 0.4) is 0 Å². The van der Waals surface area contributed by atoms with E-state index in [9.17, 15) is 0 Å². The topological polar surface area (TPSA) is 15.3 Å². The fraction of sp³-hybridized carbons (Fsp3) is 0.375. The van der Waals surface area contributed by atoms with Gasteiger partial charge >= 0.3 is 0 Å². The third kappa shape index (κ3) is 2.92. The standard InChI is InChI=1S/C16H19ClN2/c17-16-6-5-13(14-3-1-2-4-15(14)16)7-10-19-11-8-18-9-12-19/h1-6,18H,7-12H2. The van der Waals surface area contributed by atoms with Gasteiger partial charge in [0.15, 0.2) is 0 Å². The summed E-state index contributed by atoms with van der Waals surface area (Å²) in [4.78, 5) is 2.53. The second-order valence-corrected chi connectivity index (χ2v) is 5.50. The molecule has 2 aromatic carbocycles. The van der Waals surface area contributed by atoms with E-state index in [0.29, 0.717) is 0 Å². The molecule has 1 saturated heterocycles. The predicted molar refractivity (Wildman–Crippen MR) is 82.0 cm³/mol. The summed E-state index contributed by atoms with van der Waals surface area (Å²) in [6.07, 6.45) is 1.09. The first-order chi connectivity index (χ1) is 9.34. The summed E-state index contributed by atoms with van der Waals surface area (Å²) < 4.78 is 0. The first kappa shape index (κ1) is 12.9. The lowest BCUT2D eigenvalue weighted by Gasteiger charge is -2.27. The molecule has 3 rings (SSSR count). The van der Waals surface area contributed by atoms with Gasteiger partial charge in [-0.3, -0.25) is 0 Å². The molecule has 0 radical (unpaired) electrons.